The van der Waals surface area contributed by atoms with E-state index in [0.29, 0.717) is 28.6 Å². The van der Waals surface area contributed by atoms with Gasteiger partial charge >= 0.3 is 6.09 Å². The van der Waals surface area contributed by atoms with Crippen molar-refractivity contribution in [2.75, 3.05) is 5.32 Å². The van der Waals surface area contributed by atoms with Crippen LogP contribution in [0.3, 0.4) is 0 Å². The first-order chi connectivity index (χ1) is 13.0. The van der Waals surface area contributed by atoms with Gasteiger partial charge in [0.05, 0.1) is 0 Å². The minimum atomic E-state index is -0.752. The number of anilines is 1. The summed E-state index contributed by atoms with van der Waals surface area (Å²) in [5, 5.41) is 6.55. The molecule has 3 rings (SSSR count). The number of hydrogen-bond donors (Lipinski definition) is 1. The number of carbonyl (C=O) groups excluding carboxylic acids is 1. The van der Waals surface area contributed by atoms with Gasteiger partial charge in [0.15, 0.2) is 5.76 Å². The quantitative estimate of drug-likeness (QED) is 0.558. The SMILES string of the molecule is Cc1noc(-c2ccc(CCl)cc2)c1NC(=O)OC(C)c1ccccc1F. The Bertz CT molecular complexity index is 941. The van der Waals surface area contributed by atoms with Crippen molar-refractivity contribution in [3.8, 4) is 11.3 Å². The first-order valence-electron chi connectivity index (χ1n) is 8.33. The molecule has 140 valence electrons. The fourth-order valence-electron chi connectivity index (χ4n) is 2.62. The monoisotopic (exact) mass is 388 g/mol. The van der Waals surface area contributed by atoms with Crippen LogP contribution < -0.4 is 5.32 Å². The molecule has 0 aliphatic heterocycles. The molecule has 1 amide bonds. The van der Waals surface area contributed by atoms with Gasteiger partial charge in [-0.15, -0.1) is 11.6 Å². The largest absolute Gasteiger partial charge is 0.441 e. The van der Waals surface area contributed by atoms with Crippen LogP contribution in [0.5, 0.6) is 0 Å². The van der Waals surface area contributed by atoms with E-state index in [4.69, 9.17) is 20.9 Å². The topological polar surface area (TPSA) is 64.4 Å². The molecule has 1 heterocycles. The number of nitrogens with one attached hydrogen (secondary N) is 1. The molecule has 0 aliphatic rings. The zero-order valence-electron chi connectivity index (χ0n) is 14.8. The number of aromatic nitrogens is 1. The first-order valence-corrected chi connectivity index (χ1v) is 8.86. The van der Waals surface area contributed by atoms with Gasteiger partial charge in [0.2, 0.25) is 0 Å². The Balaban J connectivity index is 1.76. The van der Waals surface area contributed by atoms with Crippen molar-refractivity contribution >= 4 is 23.4 Å². The molecule has 0 aliphatic carbocycles. The van der Waals surface area contributed by atoms with E-state index >= 15 is 0 Å². The number of hydrogen-bond acceptors (Lipinski definition) is 4. The molecule has 27 heavy (non-hydrogen) atoms. The predicted octanol–water partition coefficient (Wildman–Crippen LogP) is 5.84. The Hall–Kier alpha value is -2.86. The molecule has 7 heteroatoms. The van der Waals surface area contributed by atoms with Crippen molar-refractivity contribution < 1.29 is 18.4 Å². The van der Waals surface area contributed by atoms with Crippen molar-refractivity contribution in [2.45, 2.75) is 25.8 Å². The summed E-state index contributed by atoms with van der Waals surface area (Å²) in [6.07, 6.45) is -1.48. The smallest absolute Gasteiger partial charge is 0.412 e. The predicted molar refractivity (Wildman–Crippen MR) is 101 cm³/mol. The second kappa shape index (κ2) is 8.22. The van der Waals surface area contributed by atoms with Crippen molar-refractivity contribution in [1.29, 1.82) is 0 Å². The Morgan fingerprint density at radius 1 is 1.26 bits per heavy atom. The Morgan fingerprint density at radius 2 is 1.96 bits per heavy atom. The van der Waals surface area contributed by atoms with Gasteiger partial charge in [-0.05, 0) is 25.5 Å². The minimum Gasteiger partial charge on any atom is -0.441 e. The van der Waals surface area contributed by atoms with E-state index in [1.54, 1.807) is 32.0 Å². The number of nitrogens with zero attached hydrogens (tertiary/aromatic N) is 1. The highest BCUT2D eigenvalue weighted by molar-refractivity contribution is 6.17. The van der Waals surface area contributed by atoms with E-state index in [2.05, 4.69) is 10.5 Å². The van der Waals surface area contributed by atoms with Crippen LogP contribution in [0.4, 0.5) is 14.9 Å². The lowest BCUT2D eigenvalue weighted by Gasteiger charge is -2.15. The fourth-order valence-corrected chi connectivity index (χ4v) is 2.80. The van der Waals surface area contributed by atoms with Crippen LogP contribution >= 0.6 is 11.6 Å². The van der Waals surface area contributed by atoms with Gasteiger partial charge in [-0.1, -0.05) is 47.6 Å². The molecule has 5 nitrogen and oxygen atoms in total. The van der Waals surface area contributed by atoms with E-state index in [9.17, 15) is 9.18 Å². The maximum absolute atomic E-state index is 13.8. The molecular formula is C20H18ClFN2O3. The Morgan fingerprint density at radius 3 is 2.63 bits per heavy atom. The van der Waals surface area contributed by atoms with E-state index in [1.807, 2.05) is 24.3 Å². The molecule has 1 unspecified atom stereocenters. The van der Waals surface area contributed by atoms with Gasteiger partial charge in [-0.25, -0.2) is 9.18 Å². The summed E-state index contributed by atoms with van der Waals surface area (Å²) >= 11 is 5.80. The van der Waals surface area contributed by atoms with Gasteiger partial charge in [0, 0.05) is 17.0 Å². The molecule has 3 aromatic rings. The van der Waals surface area contributed by atoms with Crippen molar-refractivity contribution in [3.05, 3.63) is 71.2 Å². The maximum atomic E-state index is 13.8. The lowest BCUT2D eigenvalue weighted by Crippen LogP contribution is -2.17. The normalized spacial score (nSPS) is 11.9. The summed E-state index contributed by atoms with van der Waals surface area (Å²) in [6, 6.07) is 13.5. The molecule has 1 atom stereocenters. The number of halogens is 2. The van der Waals surface area contributed by atoms with Crippen LogP contribution in [0.15, 0.2) is 53.1 Å². The lowest BCUT2D eigenvalue weighted by atomic mass is 10.1. The third-order valence-electron chi connectivity index (χ3n) is 4.09. The second-order valence-corrected chi connectivity index (χ2v) is 6.26. The molecule has 0 saturated carbocycles. The number of amides is 1. The van der Waals surface area contributed by atoms with Crippen LogP contribution in [-0.4, -0.2) is 11.2 Å². The summed E-state index contributed by atoms with van der Waals surface area (Å²) in [5.74, 6) is 0.379. The second-order valence-electron chi connectivity index (χ2n) is 6.00. The molecule has 0 spiro atoms. The van der Waals surface area contributed by atoms with Crippen LogP contribution in [0, 0.1) is 12.7 Å². The van der Waals surface area contributed by atoms with Crippen molar-refractivity contribution in [1.82, 2.24) is 5.16 Å². The summed E-state index contributed by atoms with van der Waals surface area (Å²) < 4.78 is 24.5. The van der Waals surface area contributed by atoms with Gasteiger partial charge in [-0.3, -0.25) is 5.32 Å². The molecule has 0 saturated heterocycles. The number of aryl methyl sites for hydroxylation is 1. The fraction of sp³-hybridized carbons (Fsp3) is 0.200. The molecule has 0 radical (unpaired) electrons. The van der Waals surface area contributed by atoms with Crippen LogP contribution in [-0.2, 0) is 10.6 Å². The number of benzene rings is 2. The molecule has 0 fully saturated rings. The summed E-state index contributed by atoms with van der Waals surface area (Å²) in [6.45, 7) is 3.31. The zero-order valence-corrected chi connectivity index (χ0v) is 15.6. The Kier molecular flexibility index (Phi) is 5.76. The summed E-state index contributed by atoms with van der Waals surface area (Å²) in [5.41, 5.74) is 2.90. The van der Waals surface area contributed by atoms with Gasteiger partial charge in [0.1, 0.15) is 23.3 Å². The number of alkyl halides is 1. The average Bonchev–Trinajstić information content (AvgIpc) is 3.02. The van der Waals surface area contributed by atoms with Crippen LogP contribution in [0.25, 0.3) is 11.3 Å². The number of ether oxygens (including phenoxy) is 1. The molecular weight excluding hydrogens is 371 g/mol. The maximum Gasteiger partial charge on any atom is 0.412 e. The summed E-state index contributed by atoms with van der Waals surface area (Å²) in [7, 11) is 0. The van der Waals surface area contributed by atoms with Crippen molar-refractivity contribution in [2.24, 2.45) is 0 Å². The van der Waals surface area contributed by atoms with E-state index in [1.165, 1.54) is 6.07 Å². The van der Waals surface area contributed by atoms with E-state index in [0.717, 1.165) is 11.1 Å². The number of carbonyl (C=O) groups is 1. The Labute approximate surface area is 161 Å². The highest BCUT2D eigenvalue weighted by atomic mass is 35.5. The van der Waals surface area contributed by atoms with Crippen LogP contribution in [0.2, 0.25) is 0 Å². The third kappa shape index (κ3) is 4.28. The van der Waals surface area contributed by atoms with Crippen molar-refractivity contribution in [3.63, 3.8) is 0 Å². The molecule has 1 aromatic heterocycles. The lowest BCUT2D eigenvalue weighted by molar-refractivity contribution is 0.119. The van der Waals surface area contributed by atoms with E-state index < -0.39 is 18.0 Å². The van der Waals surface area contributed by atoms with Crippen LogP contribution in [0.1, 0.15) is 29.8 Å². The molecule has 0 bridgehead atoms. The highest BCUT2D eigenvalue weighted by Gasteiger charge is 2.20. The first kappa shape index (κ1) is 18.9. The van der Waals surface area contributed by atoms with Gasteiger partial charge < -0.3 is 9.26 Å². The third-order valence-corrected chi connectivity index (χ3v) is 4.40. The van der Waals surface area contributed by atoms with E-state index in [-0.39, 0.29) is 0 Å². The zero-order chi connectivity index (χ0) is 19.4. The minimum absolute atomic E-state index is 0.298. The number of rotatable bonds is 5. The summed E-state index contributed by atoms with van der Waals surface area (Å²) in [4.78, 5) is 12.3. The average molecular weight is 389 g/mol. The standard InChI is InChI=1S/C20H18ClFN2O3/c1-12-18(19(27-24-12)15-9-7-14(11-21)8-10-15)23-20(25)26-13(2)16-5-3-4-6-17(16)22/h3-10,13H,11H2,1-2H3,(H,23,25). The van der Waals surface area contributed by atoms with Gasteiger partial charge in [0.25, 0.3) is 0 Å². The van der Waals surface area contributed by atoms with Gasteiger partial charge in [-0.2, -0.15) is 0 Å². The highest BCUT2D eigenvalue weighted by Crippen LogP contribution is 2.32. The molecule has 2 aromatic carbocycles. The molecule has 1 N–H and O–H groups in total.